The van der Waals surface area contributed by atoms with E-state index in [1.54, 1.807) is 12.1 Å². The largest absolute Gasteiger partial charge is 0.508 e. The maximum absolute atomic E-state index is 13.3. The summed E-state index contributed by atoms with van der Waals surface area (Å²) in [6, 6.07) is 6.42. The topological polar surface area (TPSA) is 32.3 Å². The highest BCUT2D eigenvalue weighted by atomic mass is 19.3. The first-order valence-corrected chi connectivity index (χ1v) is 4.94. The number of phenols is 1. The highest BCUT2D eigenvalue weighted by Crippen LogP contribution is 2.30. The normalized spacial score (nSPS) is 24.3. The van der Waals surface area contributed by atoms with Crippen LogP contribution in [0.5, 0.6) is 5.75 Å². The summed E-state index contributed by atoms with van der Waals surface area (Å²) in [7, 11) is 0. The third-order valence-corrected chi connectivity index (χ3v) is 2.77. The zero-order valence-electron chi connectivity index (χ0n) is 8.21. The maximum Gasteiger partial charge on any atom is 0.264 e. The van der Waals surface area contributed by atoms with Crippen LogP contribution in [-0.2, 0) is 6.42 Å². The summed E-state index contributed by atoms with van der Waals surface area (Å²) in [5.41, 5.74) is 0.834. The van der Waals surface area contributed by atoms with E-state index >= 15 is 0 Å². The Labute approximate surface area is 86.9 Å². The molecule has 1 saturated heterocycles. The molecular weight excluding hydrogens is 200 g/mol. The van der Waals surface area contributed by atoms with Crippen molar-refractivity contribution >= 4 is 0 Å². The third-order valence-electron chi connectivity index (χ3n) is 2.77. The Balaban J connectivity index is 2.06. The number of benzene rings is 1. The van der Waals surface area contributed by atoms with Crippen molar-refractivity contribution in [1.29, 1.82) is 0 Å². The van der Waals surface area contributed by atoms with E-state index in [-0.39, 0.29) is 12.3 Å². The van der Waals surface area contributed by atoms with Gasteiger partial charge < -0.3 is 10.4 Å². The molecule has 1 aliphatic rings. The van der Waals surface area contributed by atoms with Crippen molar-refractivity contribution in [3.05, 3.63) is 29.8 Å². The number of aromatic hydroxyl groups is 1. The fourth-order valence-electron chi connectivity index (χ4n) is 1.84. The predicted molar refractivity (Wildman–Crippen MR) is 53.1 cm³/mol. The predicted octanol–water partition coefficient (Wildman–Crippen LogP) is 1.79. The summed E-state index contributed by atoms with van der Waals surface area (Å²) in [4.78, 5) is 0. The zero-order chi connectivity index (χ0) is 10.9. The van der Waals surface area contributed by atoms with Crippen LogP contribution in [0.2, 0.25) is 0 Å². The van der Waals surface area contributed by atoms with E-state index in [9.17, 15) is 8.78 Å². The van der Waals surface area contributed by atoms with E-state index in [0.717, 1.165) is 5.56 Å². The van der Waals surface area contributed by atoms with Crippen LogP contribution >= 0.6 is 0 Å². The minimum absolute atomic E-state index is 0.162. The lowest BCUT2D eigenvalue weighted by Crippen LogP contribution is -2.28. The van der Waals surface area contributed by atoms with E-state index in [1.807, 2.05) is 0 Å². The van der Waals surface area contributed by atoms with Crippen LogP contribution in [0.4, 0.5) is 8.78 Å². The van der Waals surface area contributed by atoms with Crippen LogP contribution in [-0.4, -0.2) is 24.1 Å². The molecule has 1 aliphatic heterocycles. The van der Waals surface area contributed by atoms with E-state index in [4.69, 9.17) is 5.11 Å². The van der Waals surface area contributed by atoms with Crippen LogP contribution in [0, 0.1) is 5.92 Å². The second-order valence-corrected chi connectivity index (χ2v) is 3.96. The third kappa shape index (κ3) is 2.26. The molecule has 1 unspecified atom stereocenters. The lowest BCUT2D eigenvalue weighted by atomic mass is 9.96. The molecule has 2 nitrogen and oxygen atoms in total. The molecule has 4 heteroatoms. The Morgan fingerprint density at radius 1 is 1.33 bits per heavy atom. The molecule has 1 heterocycles. The Kier molecular flexibility index (Phi) is 2.61. The SMILES string of the molecule is Oc1ccc(CC2CNCC2(F)F)cc1. The molecule has 2 rings (SSSR count). The average Bonchev–Trinajstić information content (AvgIpc) is 2.50. The quantitative estimate of drug-likeness (QED) is 0.785. The number of phenolic OH excluding ortho intramolecular Hbond substituents is 1. The Morgan fingerprint density at radius 3 is 2.53 bits per heavy atom. The average molecular weight is 213 g/mol. The van der Waals surface area contributed by atoms with Gasteiger partial charge in [-0.25, -0.2) is 8.78 Å². The summed E-state index contributed by atoms with van der Waals surface area (Å²) in [5, 5.41) is 11.8. The first kappa shape index (κ1) is 10.4. The highest BCUT2D eigenvalue weighted by molar-refractivity contribution is 5.26. The lowest BCUT2D eigenvalue weighted by Gasteiger charge is -2.17. The molecule has 0 bridgehead atoms. The van der Waals surface area contributed by atoms with Crippen molar-refractivity contribution in [2.75, 3.05) is 13.1 Å². The maximum atomic E-state index is 13.3. The first-order valence-electron chi connectivity index (χ1n) is 4.94. The van der Waals surface area contributed by atoms with Crippen LogP contribution in [0.1, 0.15) is 5.56 Å². The van der Waals surface area contributed by atoms with Crippen LogP contribution in [0.3, 0.4) is 0 Å². The van der Waals surface area contributed by atoms with Crippen molar-refractivity contribution in [1.82, 2.24) is 5.32 Å². The molecule has 1 aromatic rings. The van der Waals surface area contributed by atoms with E-state index in [2.05, 4.69) is 5.32 Å². The number of alkyl halides is 2. The Hall–Kier alpha value is -1.16. The molecule has 1 fully saturated rings. The van der Waals surface area contributed by atoms with E-state index in [1.165, 1.54) is 12.1 Å². The number of nitrogens with one attached hydrogen (secondary N) is 1. The van der Waals surface area contributed by atoms with Gasteiger partial charge >= 0.3 is 0 Å². The molecule has 0 saturated carbocycles. The number of rotatable bonds is 2. The van der Waals surface area contributed by atoms with Gasteiger partial charge in [0.15, 0.2) is 0 Å². The van der Waals surface area contributed by atoms with Gasteiger partial charge in [-0.15, -0.1) is 0 Å². The van der Waals surface area contributed by atoms with Crippen molar-refractivity contribution in [2.24, 2.45) is 5.92 Å². The fourth-order valence-corrected chi connectivity index (χ4v) is 1.84. The Bertz CT molecular complexity index is 337. The van der Waals surface area contributed by atoms with Gasteiger partial charge in [0, 0.05) is 12.5 Å². The standard InChI is InChI=1S/C11H13F2NO/c12-11(13)7-14-6-9(11)5-8-1-3-10(15)4-2-8/h1-4,9,14-15H,5-7H2. The van der Waals surface area contributed by atoms with Crippen LogP contribution in [0.15, 0.2) is 24.3 Å². The first-order chi connectivity index (χ1) is 7.08. The molecule has 0 aromatic heterocycles. The molecular formula is C11H13F2NO. The van der Waals surface area contributed by atoms with Crippen molar-refractivity contribution in [2.45, 2.75) is 12.3 Å². The summed E-state index contributed by atoms with van der Waals surface area (Å²) < 4.78 is 26.5. The Morgan fingerprint density at radius 2 is 2.00 bits per heavy atom. The van der Waals surface area contributed by atoms with Crippen molar-refractivity contribution in [3.63, 3.8) is 0 Å². The van der Waals surface area contributed by atoms with Crippen LogP contribution in [0.25, 0.3) is 0 Å². The summed E-state index contributed by atoms with van der Waals surface area (Å²) in [5.74, 6) is -3.09. The molecule has 0 aliphatic carbocycles. The molecule has 0 spiro atoms. The summed E-state index contributed by atoms with van der Waals surface area (Å²) in [6.45, 7) is 0.129. The second-order valence-electron chi connectivity index (χ2n) is 3.96. The van der Waals surface area contributed by atoms with Gasteiger partial charge in [0.25, 0.3) is 5.92 Å². The van der Waals surface area contributed by atoms with Gasteiger partial charge in [0.2, 0.25) is 0 Å². The van der Waals surface area contributed by atoms with Gasteiger partial charge in [-0.05, 0) is 24.1 Å². The van der Waals surface area contributed by atoms with Crippen molar-refractivity contribution < 1.29 is 13.9 Å². The zero-order valence-corrected chi connectivity index (χ0v) is 8.21. The summed E-state index contributed by atoms with van der Waals surface area (Å²) >= 11 is 0. The van der Waals surface area contributed by atoms with Gasteiger partial charge in [0.05, 0.1) is 6.54 Å². The van der Waals surface area contributed by atoms with Gasteiger partial charge in [-0.1, -0.05) is 12.1 Å². The smallest absolute Gasteiger partial charge is 0.264 e. The fraction of sp³-hybridized carbons (Fsp3) is 0.455. The minimum atomic E-state index is -2.61. The van der Waals surface area contributed by atoms with Gasteiger partial charge in [-0.2, -0.15) is 0 Å². The molecule has 1 atom stereocenters. The molecule has 82 valence electrons. The number of hydrogen-bond acceptors (Lipinski definition) is 2. The molecule has 0 amide bonds. The van der Waals surface area contributed by atoms with Gasteiger partial charge in [0.1, 0.15) is 5.75 Å². The molecule has 1 aromatic carbocycles. The van der Waals surface area contributed by atoms with E-state index < -0.39 is 11.8 Å². The van der Waals surface area contributed by atoms with Crippen molar-refractivity contribution in [3.8, 4) is 5.75 Å². The van der Waals surface area contributed by atoms with Crippen LogP contribution < -0.4 is 5.32 Å². The molecule has 15 heavy (non-hydrogen) atoms. The second kappa shape index (κ2) is 3.77. The molecule has 0 radical (unpaired) electrons. The lowest BCUT2D eigenvalue weighted by molar-refractivity contribution is -0.0212. The van der Waals surface area contributed by atoms with E-state index in [0.29, 0.717) is 13.0 Å². The summed E-state index contributed by atoms with van der Waals surface area (Å²) in [6.07, 6.45) is 0.347. The minimum Gasteiger partial charge on any atom is -0.508 e. The number of halogens is 2. The monoisotopic (exact) mass is 213 g/mol. The molecule has 2 N–H and O–H groups in total. The highest BCUT2D eigenvalue weighted by Gasteiger charge is 2.43. The number of hydrogen-bond donors (Lipinski definition) is 2. The van der Waals surface area contributed by atoms with Gasteiger partial charge in [-0.3, -0.25) is 0 Å².